The fourth-order valence-corrected chi connectivity index (χ4v) is 3.14. The van der Waals surface area contributed by atoms with Gasteiger partial charge in [0.15, 0.2) is 6.61 Å². The fraction of sp³-hybridized carbons (Fsp3) is 0.333. The fourth-order valence-electron chi connectivity index (χ4n) is 3.14. The maximum absolute atomic E-state index is 12.3. The number of nitrogens with one attached hydrogen (secondary N) is 1. The summed E-state index contributed by atoms with van der Waals surface area (Å²) in [5.41, 5.74) is 2.76. The Hall–Kier alpha value is -3.46. The Morgan fingerprint density at radius 3 is 2.60 bits per heavy atom. The lowest BCUT2D eigenvalue weighted by Crippen LogP contribution is -2.36. The number of carbonyl (C=O) groups is 2. The van der Waals surface area contributed by atoms with Crippen LogP contribution >= 0.6 is 0 Å². The number of nitro groups is 1. The number of hydrogen-bond acceptors (Lipinski definition) is 7. The van der Waals surface area contributed by atoms with E-state index in [-0.39, 0.29) is 11.3 Å². The van der Waals surface area contributed by atoms with Crippen LogP contribution in [0.25, 0.3) is 0 Å². The molecule has 1 aliphatic rings. The minimum absolute atomic E-state index is 0.0123. The molecule has 2 aromatic rings. The van der Waals surface area contributed by atoms with Gasteiger partial charge in [0.2, 0.25) is 0 Å². The molecule has 2 aromatic carbocycles. The zero-order valence-corrected chi connectivity index (χ0v) is 16.8. The average Bonchev–Trinajstić information content (AvgIpc) is 2.74. The minimum atomic E-state index is -0.803. The van der Waals surface area contributed by atoms with E-state index in [0.717, 1.165) is 11.1 Å². The van der Waals surface area contributed by atoms with Crippen LogP contribution in [0, 0.1) is 24.0 Å². The van der Waals surface area contributed by atoms with E-state index >= 15 is 0 Å². The van der Waals surface area contributed by atoms with E-state index < -0.39 is 23.4 Å². The normalized spacial score (nSPS) is 13.6. The molecule has 3 rings (SSSR count). The molecule has 9 heteroatoms. The molecule has 158 valence electrons. The van der Waals surface area contributed by atoms with Crippen molar-refractivity contribution in [2.75, 3.05) is 43.1 Å². The number of nitrogens with zero attached hydrogens (tertiary/aromatic N) is 2. The Bertz CT molecular complexity index is 969. The van der Waals surface area contributed by atoms with Gasteiger partial charge in [-0.15, -0.1) is 0 Å². The summed E-state index contributed by atoms with van der Waals surface area (Å²) < 4.78 is 10.3. The Morgan fingerprint density at radius 2 is 1.90 bits per heavy atom. The highest BCUT2D eigenvalue weighted by atomic mass is 16.6. The number of rotatable bonds is 6. The molecule has 1 fully saturated rings. The second kappa shape index (κ2) is 9.36. The van der Waals surface area contributed by atoms with E-state index in [1.165, 1.54) is 18.2 Å². The summed E-state index contributed by atoms with van der Waals surface area (Å²) in [4.78, 5) is 37.3. The van der Waals surface area contributed by atoms with Gasteiger partial charge in [0.05, 0.1) is 23.7 Å². The molecule has 30 heavy (non-hydrogen) atoms. The molecule has 1 aliphatic heterocycles. The molecule has 1 heterocycles. The summed E-state index contributed by atoms with van der Waals surface area (Å²) in [6.07, 6.45) is 0. The number of aryl methyl sites for hydroxylation is 2. The third kappa shape index (κ3) is 5.12. The van der Waals surface area contributed by atoms with Crippen molar-refractivity contribution in [2.24, 2.45) is 0 Å². The molecule has 0 bridgehead atoms. The minimum Gasteiger partial charge on any atom is -0.452 e. The summed E-state index contributed by atoms with van der Waals surface area (Å²) in [6, 6.07) is 9.79. The van der Waals surface area contributed by atoms with Crippen molar-refractivity contribution in [2.45, 2.75) is 13.8 Å². The lowest BCUT2D eigenvalue weighted by Gasteiger charge is -2.28. The van der Waals surface area contributed by atoms with E-state index in [9.17, 15) is 19.7 Å². The van der Waals surface area contributed by atoms with Gasteiger partial charge in [-0.1, -0.05) is 12.1 Å². The van der Waals surface area contributed by atoms with E-state index in [1.54, 1.807) is 0 Å². The van der Waals surface area contributed by atoms with Crippen LogP contribution in [0.15, 0.2) is 36.4 Å². The number of ether oxygens (including phenoxy) is 2. The van der Waals surface area contributed by atoms with Crippen LogP contribution in [-0.4, -0.2) is 49.7 Å². The van der Waals surface area contributed by atoms with Crippen LogP contribution in [0.2, 0.25) is 0 Å². The van der Waals surface area contributed by atoms with Gasteiger partial charge in [-0.2, -0.15) is 0 Å². The predicted octanol–water partition coefficient (Wildman–Crippen LogP) is 2.84. The Morgan fingerprint density at radius 1 is 1.17 bits per heavy atom. The number of nitro benzene ring substituents is 1. The molecule has 1 N–H and O–H groups in total. The van der Waals surface area contributed by atoms with Gasteiger partial charge in [-0.3, -0.25) is 14.9 Å². The van der Waals surface area contributed by atoms with E-state index in [0.29, 0.717) is 37.7 Å². The Balaban J connectivity index is 1.66. The molecule has 0 saturated carbocycles. The summed E-state index contributed by atoms with van der Waals surface area (Å²) in [5.74, 6) is -1.29. The molecule has 0 unspecified atom stereocenters. The van der Waals surface area contributed by atoms with Crippen molar-refractivity contribution in [3.05, 3.63) is 63.2 Å². The van der Waals surface area contributed by atoms with Crippen molar-refractivity contribution in [3.8, 4) is 0 Å². The number of anilines is 2. The molecular weight excluding hydrogens is 390 g/mol. The first-order chi connectivity index (χ1) is 14.3. The standard InChI is InChI=1S/C21H23N3O6/c1-14-3-4-15(2)17(11-14)22-20(25)13-30-21(26)16-5-6-18(19(12-16)24(27)28)23-7-9-29-10-8-23/h3-6,11-12H,7-10,13H2,1-2H3,(H,22,25). The van der Waals surface area contributed by atoms with Crippen LogP contribution in [0.5, 0.6) is 0 Å². The van der Waals surface area contributed by atoms with Crippen LogP contribution < -0.4 is 10.2 Å². The summed E-state index contributed by atoms with van der Waals surface area (Å²) in [5, 5.41) is 14.2. The molecule has 0 spiro atoms. The molecule has 0 aliphatic carbocycles. The molecular formula is C21H23N3O6. The zero-order valence-electron chi connectivity index (χ0n) is 16.8. The monoisotopic (exact) mass is 413 g/mol. The van der Waals surface area contributed by atoms with Crippen molar-refractivity contribution >= 4 is 28.9 Å². The Labute approximate surface area is 173 Å². The third-order valence-corrected chi connectivity index (χ3v) is 4.76. The lowest BCUT2D eigenvalue weighted by atomic mass is 10.1. The average molecular weight is 413 g/mol. The molecule has 1 saturated heterocycles. The third-order valence-electron chi connectivity index (χ3n) is 4.76. The first kappa shape index (κ1) is 21.3. The predicted molar refractivity (Wildman–Crippen MR) is 111 cm³/mol. The smallest absolute Gasteiger partial charge is 0.338 e. The van der Waals surface area contributed by atoms with E-state index in [2.05, 4.69) is 5.32 Å². The number of hydrogen-bond donors (Lipinski definition) is 1. The van der Waals surface area contributed by atoms with Gasteiger partial charge < -0.3 is 19.7 Å². The number of benzene rings is 2. The number of carbonyl (C=O) groups excluding carboxylic acids is 2. The second-order valence-electron chi connectivity index (χ2n) is 7.00. The summed E-state index contributed by atoms with van der Waals surface area (Å²) in [6.45, 7) is 5.29. The highest BCUT2D eigenvalue weighted by Gasteiger charge is 2.24. The molecule has 0 aromatic heterocycles. The van der Waals surface area contributed by atoms with Crippen molar-refractivity contribution in [3.63, 3.8) is 0 Å². The van der Waals surface area contributed by atoms with Gasteiger partial charge >= 0.3 is 5.97 Å². The summed E-state index contributed by atoms with van der Waals surface area (Å²) >= 11 is 0. The van der Waals surface area contributed by atoms with Gasteiger partial charge in [0, 0.05) is 24.8 Å². The van der Waals surface area contributed by atoms with E-state index in [4.69, 9.17) is 9.47 Å². The topological polar surface area (TPSA) is 111 Å². The number of morpholine rings is 1. The van der Waals surface area contributed by atoms with Gasteiger partial charge in [0.25, 0.3) is 11.6 Å². The molecule has 9 nitrogen and oxygen atoms in total. The Kier molecular flexibility index (Phi) is 6.63. The first-order valence-corrected chi connectivity index (χ1v) is 9.50. The quantitative estimate of drug-likeness (QED) is 0.440. The number of amides is 1. The summed E-state index contributed by atoms with van der Waals surface area (Å²) in [7, 11) is 0. The lowest BCUT2D eigenvalue weighted by molar-refractivity contribution is -0.384. The first-order valence-electron chi connectivity index (χ1n) is 9.50. The SMILES string of the molecule is Cc1ccc(C)c(NC(=O)COC(=O)c2ccc(N3CCOCC3)c([N+](=O)[O-])c2)c1. The zero-order chi connectivity index (χ0) is 21.7. The van der Waals surface area contributed by atoms with Crippen LogP contribution in [0.4, 0.5) is 17.1 Å². The maximum Gasteiger partial charge on any atom is 0.338 e. The van der Waals surface area contributed by atoms with Gasteiger partial charge in [-0.05, 0) is 43.2 Å². The van der Waals surface area contributed by atoms with E-state index in [1.807, 2.05) is 36.9 Å². The highest BCUT2D eigenvalue weighted by Crippen LogP contribution is 2.30. The van der Waals surface area contributed by atoms with Crippen molar-refractivity contribution in [1.82, 2.24) is 0 Å². The highest BCUT2D eigenvalue weighted by molar-refractivity contribution is 5.96. The van der Waals surface area contributed by atoms with Crippen LogP contribution in [0.3, 0.4) is 0 Å². The largest absolute Gasteiger partial charge is 0.452 e. The van der Waals surface area contributed by atoms with Crippen molar-refractivity contribution in [1.29, 1.82) is 0 Å². The van der Waals surface area contributed by atoms with Crippen LogP contribution in [-0.2, 0) is 14.3 Å². The van der Waals surface area contributed by atoms with Crippen LogP contribution in [0.1, 0.15) is 21.5 Å². The van der Waals surface area contributed by atoms with Gasteiger partial charge in [-0.25, -0.2) is 4.79 Å². The molecule has 0 radical (unpaired) electrons. The number of esters is 1. The second-order valence-corrected chi connectivity index (χ2v) is 7.00. The molecule has 0 atom stereocenters. The van der Waals surface area contributed by atoms with Gasteiger partial charge in [0.1, 0.15) is 5.69 Å². The molecule has 1 amide bonds. The van der Waals surface area contributed by atoms with Crippen molar-refractivity contribution < 1.29 is 24.0 Å². The maximum atomic E-state index is 12.3.